The molecule has 4 heteroatoms. The number of hydrogen-bond acceptors (Lipinski definition) is 4. The van der Waals surface area contributed by atoms with Crippen LogP contribution in [-0.4, -0.2) is 20.4 Å². The van der Waals surface area contributed by atoms with E-state index in [2.05, 4.69) is 80.5 Å². The molecular weight excluding hydrogens is 532 g/mol. The van der Waals surface area contributed by atoms with E-state index < -0.39 is 0 Å². The smallest absolute Gasteiger partial charge is 0.122 e. The van der Waals surface area contributed by atoms with Gasteiger partial charge in [-0.25, -0.2) is 0 Å². The van der Waals surface area contributed by atoms with Crippen molar-refractivity contribution in [3.63, 3.8) is 0 Å². The van der Waals surface area contributed by atoms with Gasteiger partial charge in [-0.3, -0.25) is 0 Å². The highest BCUT2D eigenvalue weighted by Gasteiger charge is 2.20. The number of phenols is 4. The quantitative estimate of drug-likeness (QED) is 0.183. The molecule has 0 heterocycles. The molecule has 0 bridgehead atoms. The summed E-state index contributed by atoms with van der Waals surface area (Å²) in [6.45, 7) is 19.1. The minimum atomic E-state index is -0.136. The van der Waals surface area contributed by atoms with Gasteiger partial charge in [0.2, 0.25) is 0 Å². The lowest BCUT2D eigenvalue weighted by molar-refractivity contribution is 0.461. The van der Waals surface area contributed by atoms with Crippen molar-refractivity contribution in [1.29, 1.82) is 0 Å². The Morgan fingerprint density at radius 2 is 0.651 bits per heavy atom. The first-order valence-corrected chi connectivity index (χ1v) is 15.1. The molecule has 43 heavy (non-hydrogen) atoms. The summed E-state index contributed by atoms with van der Waals surface area (Å²) in [4.78, 5) is 0. The number of phenolic OH excluding ortho intramolecular Hbond substituents is 4. The largest absolute Gasteiger partial charge is 0.508 e. The van der Waals surface area contributed by atoms with E-state index in [0.29, 0.717) is 19.3 Å². The van der Waals surface area contributed by atoms with Crippen molar-refractivity contribution in [2.45, 2.75) is 97.8 Å². The molecule has 4 aromatic rings. The summed E-state index contributed by atoms with van der Waals surface area (Å²) in [5.74, 6) is 0.881. The van der Waals surface area contributed by atoms with Gasteiger partial charge in [0.15, 0.2) is 0 Å². The van der Waals surface area contributed by atoms with Crippen LogP contribution in [0.15, 0.2) is 66.7 Å². The molecule has 0 atom stereocenters. The van der Waals surface area contributed by atoms with Crippen LogP contribution >= 0.6 is 0 Å². The Morgan fingerprint density at radius 1 is 0.372 bits per heavy atom. The lowest BCUT2D eigenvalue weighted by Crippen LogP contribution is -2.12. The summed E-state index contributed by atoms with van der Waals surface area (Å²) in [6.07, 6.45) is 1.48. The maximum Gasteiger partial charge on any atom is 0.122 e. The fourth-order valence-corrected chi connectivity index (χ4v) is 5.51. The minimum absolute atomic E-state index is 0.112. The van der Waals surface area contributed by atoms with Crippen LogP contribution in [0.1, 0.15) is 112 Å². The molecular formula is C39H48O4. The number of benzene rings is 4. The maximum absolute atomic E-state index is 11.6. The number of rotatable bonds is 6. The topological polar surface area (TPSA) is 80.9 Å². The molecule has 0 saturated heterocycles. The van der Waals surface area contributed by atoms with Crippen molar-refractivity contribution in [2.75, 3.05) is 0 Å². The Hall–Kier alpha value is -3.92. The molecule has 0 aliphatic rings. The summed E-state index contributed by atoms with van der Waals surface area (Å²) < 4.78 is 0. The third-order valence-corrected chi connectivity index (χ3v) is 8.06. The Morgan fingerprint density at radius 3 is 0.953 bits per heavy atom. The molecule has 4 nitrogen and oxygen atoms in total. The lowest BCUT2D eigenvalue weighted by Gasteiger charge is -2.22. The summed E-state index contributed by atoms with van der Waals surface area (Å²) >= 11 is 0. The van der Waals surface area contributed by atoms with E-state index in [9.17, 15) is 20.4 Å². The van der Waals surface area contributed by atoms with Gasteiger partial charge in [0, 0.05) is 12.8 Å². The van der Waals surface area contributed by atoms with Crippen molar-refractivity contribution in [2.24, 2.45) is 0 Å². The molecule has 228 valence electrons. The van der Waals surface area contributed by atoms with Crippen LogP contribution in [0.25, 0.3) is 0 Å². The lowest BCUT2D eigenvalue weighted by atomic mass is 9.84. The second-order valence-corrected chi connectivity index (χ2v) is 15.2. The molecule has 0 radical (unpaired) electrons. The zero-order valence-corrected chi connectivity index (χ0v) is 27.3. The Labute approximate surface area is 257 Å². The average Bonchev–Trinajstić information content (AvgIpc) is 2.84. The molecule has 4 rings (SSSR count). The molecule has 4 aromatic carbocycles. The van der Waals surface area contributed by atoms with Crippen molar-refractivity contribution in [1.82, 2.24) is 0 Å². The van der Waals surface area contributed by atoms with Crippen molar-refractivity contribution in [3.8, 4) is 23.0 Å². The number of hydrogen-bond donors (Lipinski definition) is 4. The minimum Gasteiger partial charge on any atom is -0.508 e. The highest BCUT2D eigenvalue weighted by atomic mass is 16.3. The predicted octanol–water partition coefficient (Wildman–Crippen LogP) is 9.17. The Bertz CT molecular complexity index is 1540. The van der Waals surface area contributed by atoms with Gasteiger partial charge in [-0.05, 0) is 109 Å². The number of aromatic hydroxyl groups is 4. The SMILES string of the molecule is CC(C)(C)c1cc(O)cc(Cc2cc(Cc3cc(O)cc(C(C)(C)C)c3)c(O)c(Cc3cc(O)cc(C(C)(C)C)c3)c2)c1. The maximum atomic E-state index is 11.6. The monoisotopic (exact) mass is 580 g/mol. The van der Waals surface area contributed by atoms with E-state index in [1.54, 1.807) is 30.3 Å². The third kappa shape index (κ3) is 8.13. The van der Waals surface area contributed by atoms with Crippen LogP contribution < -0.4 is 0 Å². The van der Waals surface area contributed by atoms with Crippen molar-refractivity contribution >= 4 is 0 Å². The first-order chi connectivity index (χ1) is 19.8. The highest BCUT2D eigenvalue weighted by Crippen LogP contribution is 2.35. The second-order valence-electron chi connectivity index (χ2n) is 15.2. The van der Waals surface area contributed by atoms with Gasteiger partial charge < -0.3 is 20.4 Å². The summed E-state index contributed by atoms with van der Waals surface area (Å²) in [6, 6.07) is 21.1. The Balaban J connectivity index is 1.82. The molecule has 0 aliphatic carbocycles. The van der Waals surface area contributed by atoms with Crippen LogP contribution in [0, 0.1) is 0 Å². The van der Waals surface area contributed by atoms with Gasteiger partial charge >= 0.3 is 0 Å². The zero-order valence-electron chi connectivity index (χ0n) is 27.3. The van der Waals surface area contributed by atoms with Crippen LogP contribution in [0.4, 0.5) is 0 Å². The first kappa shape index (κ1) is 32.0. The van der Waals surface area contributed by atoms with Crippen LogP contribution in [0.2, 0.25) is 0 Å². The molecule has 0 unspecified atom stereocenters. The normalized spacial score (nSPS) is 12.5. The zero-order chi connectivity index (χ0) is 31.9. The van der Waals surface area contributed by atoms with E-state index in [4.69, 9.17) is 0 Å². The van der Waals surface area contributed by atoms with Crippen molar-refractivity contribution < 1.29 is 20.4 Å². The predicted molar refractivity (Wildman–Crippen MR) is 177 cm³/mol. The molecule has 0 saturated carbocycles. The van der Waals surface area contributed by atoms with Crippen LogP contribution in [0.5, 0.6) is 23.0 Å². The van der Waals surface area contributed by atoms with Gasteiger partial charge in [-0.1, -0.05) is 92.6 Å². The fourth-order valence-electron chi connectivity index (χ4n) is 5.51. The second kappa shape index (κ2) is 11.6. The van der Waals surface area contributed by atoms with Crippen LogP contribution in [-0.2, 0) is 35.5 Å². The fraction of sp³-hybridized carbons (Fsp3) is 0.385. The molecule has 0 spiro atoms. The Kier molecular flexibility index (Phi) is 8.66. The summed E-state index contributed by atoms with van der Waals surface area (Å²) in [5.41, 5.74) is 8.12. The molecule has 4 N–H and O–H groups in total. The van der Waals surface area contributed by atoms with Crippen LogP contribution in [0.3, 0.4) is 0 Å². The van der Waals surface area contributed by atoms with Gasteiger partial charge in [0.05, 0.1) is 0 Å². The van der Waals surface area contributed by atoms with Gasteiger partial charge in [0.1, 0.15) is 23.0 Å². The van der Waals surface area contributed by atoms with E-state index in [1.807, 2.05) is 18.2 Å². The van der Waals surface area contributed by atoms with E-state index in [1.165, 1.54) is 0 Å². The molecule has 0 amide bonds. The summed E-state index contributed by atoms with van der Waals surface area (Å²) in [5, 5.41) is 43.2. The van der Waals surface area contributed by atoms with E-state index >= 15 is 0 Å². The molecule has 0 aromatic heterocycles. The van der Waals surface area contributed by atoms with E-state index in [-0.39, 0.29) is 39.2 Å². The third-order valence-electron chi connectivity index (χ3n) is 8.06. The van der Waals surface area contributed by atoms with Gasteiger partial charge in [-0.2, -0.15) is 0 Å². The molecule has 0 aliphatic heterocycles. The highest BCUT2D eigenvalue weighted by molar-refractivity contribution is 5.51. The van der Waals surface area contributed by atoms with E-state index in [0.717, 1.165) is 50.1 Å². The standard InChI is InChI=1S/C39H48O4/c1-37(2,3)30-15-25(18-33(40)21-30)10-24-11-28(13-26-16-31(38(4,5)6)22-34(41)19-26)36(43)29(12-24)14-27-17-32(39(7,8)9)23-35(42)20-27/h11-12,15-23,40-43H,10,13-14H2,1-9H3. The first-order valence-electron chi connectivity index (χ1n) is 15.1. The van der Waals surface area contributed by atoms with Gasteiger partial charge in [-0.15, -0.1) is 0 Å². The summed E-state index contributed by atoms with van der Waals surface area (Å²) in [7, 11) is 0. The van der Waals surface area contributed by atoms with Crippen molar-refractivity contribution in [3.05, 3.63) is 117 Å². The van der Waals surface area contributed by atoms with Gasteiger partial charge in [0.25, 0.3) is 0 Å². The molecule has 0 fully saturated rings. The average molecular weight is 581 g/mol.